The number of urea groups is 1. The highest BCUT2D eigenvalue weighted by molar-refractivity contribution is 7.94. The van der Waals surface area contributed by atoms with E-state index in [1.165, 1.54) is 36.1 Å². The van der Waals surface area contributed by atoms with Gasteiger partial charge in [0.25, 0.3) is 0 Å². The van der Waals surface area contributed by atoms with Gasteiger partial charge in [-0.1, -0.05) is 6.07 Å². The number of aliphatic hydroxyl groups is 1. The van der Waals surface area contributed by atoms with E-state index < -0.39 is 27.6 Å². The van der Waals surface area contributed by atoms with Crippen LogP contribution in [-0.4, -0.2) is 38.6 Å². The van der Waals surface area contributed by atoms with Crippen LogP contribution in [0.4, 0.5) is 15.3 Å². The van der Waals surface area contributed by atoms with Crippen LogP contribution in [0.15, 0.2) is 20.8 Å². The monoisotopic (exact) mass is 478 g/mol. The van der Waals surface area contributed by atoms with E-state index in [0.717, 1.165) is 66.7 Å². The van der Waals surface area contributed by atoms with Crippen molar-refractivity contribution >= 4 is 39.1 Å². The van der Waals surface area contributed by atoms with Crippen molar-refractivity contribution in [2.24, 2.45) is 4.36 Å². The molecule has 2 aliphatic carbocycles. The Bertz CT molecular complexity index is 1190. The number of aromatic nitrogens is 1. The molecule has 1 unspecified atom stereocenters. The summed E-state index contributed by atoms with van der Waals surface area (Å²) in [4.78, 5) is 30.0. The fourth-order valence-corrected chi connectivity index (χ4v) is 6.95. The molecule has 0 saturated heterocycles. The van der Waals surface area contributed by atoms with Crippen molar-refractivity contribution in [1.29, 1.82) is 0 Å². The molecule has 2 aromatic rings. The number of carboxylic acid groups (broad SMARTS) is 1. The highest BCUT2D eigenvalue weighted by Crippen LogP contribution is 2.40. The zero-order valence-electron chi connectivity index (χ0n) is 18.2. The molecule has 0 saturated carbocycles. The Morgan fingerprint density at radius 3 is 2.28 bits per heavy atom. The van der Waals surface area contributed by atoms with E-state index in [9.17, 15) is 24.0 Å². The molecule has 32 heavy (non-hydrogen) atoms. The van der Waals surface area contributed by atoms with Crippen LogP contribution in [0.5, 0.6) is 0 Å². The van der Waals surface area contributed by atoms with Crippen molar-refractivity contribution in [3.8, 4) is 0 Å². The van der Waals surface area contributed by atoms with Crippen LogP contribution < -0.4 is 9.62 Å². The summed E-state index contributed by atoms with van der Waals surface area (Å²) in [5, 5.41) is 19.7. The Morgan fingerprint density at radius 2 is 1.78 bits per heavy atom. The normalized spacial score (nSPS) is 16.8. The summed E-state index contributed by atoms with van der Waals surface area (Å²) in [5.74, 6) is 0. The number of benzene rings is 1. The number of anilines is 1. The van der Waals surface area contributed by atoms with E-state index >= 15 is 0 Å². The second-order valence-corrected chi connectivity index (χ2v) is 11.8. The van der Waals surface area contributed by atoms with Crippen LogP contribution in [0.25, 0.3) is 0 Å². The van der Waals surface area contributed by atoms with Crippen molar-refractivity contribution in [3.63, 3.8) is 0 Å². The number of amides is 3. The molecule has 0 aliphatic heterocycles. The van der Waals surface area contributed by atoms with Gasteiger partial charge in [-0.25, -0.2) is 23.5 Å². The van der Waals surface area contributed by atoms with E-state index in [-0.39, 0.29) is 9.22 Å². The Hall–Kier alpha value is -2.50. The van der Waals surface area contributed by atoms with Gasteiger partial charge >= 0.3 is 12.1 Å². The van der Waals surface area contributed by atoms with Crippen molar-refractivity contribution in [1.82, 2.24) is 9.71 Å². The van der Waals surface area contributed by atoms with Crippen molar-refractivity contribution in [2.75, 3.05) is 11.9 Å². The minimum absolute atomic E-state index is 0.0395. The summed E-state index contributed by atoms with van der Waals surface area (Å²) >= 11 is 0.852. The third-order valence-electron chi connectivity index (χ3n) is 5.78. The molecule has 0 spiro atoms. The van der Waals surface area contributed by atoms with E-state index in [1.54, 1.807) is 7.05 Å². The molecule has 2 aliphatic rings. The van der Waals surface area contributed by atoms with Gasteiger partial charge in [-0.15, -0.1) is 15.7 Å². The summed E-state index contributed by atoms with van der Waals surface area (Å²) in [6.45, 7) is 3.02. The van der Waals surface area contributed by atoms with Gasteiger partial charge in [0.2, 0.25) is 0 Å². The summed E-state index contributed by atoms with van der Waals surface area (Å²) < 4.78 is 19.2. The van der Waals surface area contributed by atoms with E-state index in [0.29, 0.717) is 0 Å². The van der Waals surface area contributed by atoms with Crippen LogP contribution in [0.2, 0.25) is 0 Å². The highest BCUT2D eigenvalue weighted by atomic mass is 32.2. The second kappa shape index (κ2) is 8.13. The maximum absolute atomic E-state index is 13.5. The number of carbonyl (C=O) groups excluding carboxylic acids is 1. The van der Waals surface area contributed by atoms with E-state index in [1.807, 2.05) is 4.72 Å². The van der Waals surface area contributed by atoms with Crippen LogP contribution in [0, 0.1) is 0 Å². The molecule has 4 rings (SSSR count). The molecule has 3 N–H and O–H groups in total. The lowest BCUT2D eigenvalue weighted by Gasteiger charge is -2.23. The first-order valence-corrected chi connectivity index (χ1v) is 12.7. The summed E-state index contributed by atoms with van der Waals surface area (Å²) in [5.41, 5.74) is 4.23. The lowest BCUT2D eigenvalue weighted by molar-refractivity contribution is 0.0783. The highest BCUT2D eigenvalue weighted by Gasteiger charge is 2.30. The van der Waals surface area contributed by atoms with Gasteiger partial charge in [0.05, 0.1) is 11.9 Å². The quantitative estimate of drug-likeness (QED) is 0.615. The molecule has 0 fully saturated rings. The first-order chi connectivity index (χ1) is 15.0. The minimum Gasteiger partial charge on any atom is -0.464 e. The van der Waals surface area contributed by atoms with Crippen molar-refractivity contribution in [2.45, 2.75) is 62.2 Å². The molecular formula is C21H26N4O5S2. The third kappa shape index (κ3) is 4.12. The number of nitrogens with zero attached hydrogens (tertiary/aromatic N) is 3. The van der Waals surface area contributed by atoms with Gasteiger partial charge in [-0.2, -0.15) is 0 Å². The predicted octanol–water partition coefficient (Wildman–Crippen LogP) is 3.61. The predicted molar refractivity (Wildman–Crippen MR) is 122 cm³/mol. The van der Waals surface area contributed by atoms with Crippen molar-refractivity contribution < 1.29 is 24.0 Å². The Balaban J connectivity index is 1.78. The van der Waals surface area contributed by atoms with Gasteiger partial charge in [-0.05, 0) is 74.6 Å². The zero-order valence-corrected chi connectivity index (χ0v) is 19.8. The third-order valence-corrected chi connectivity index (χ3v) is 9.32. The standard InChI is InChI=1S/C21H26N4O5S2/c1-21(2,29)18-22-11-16(31-18)32(30,24-20(27)28)23-19(26)25(3)17-14-8-4-6-12(14)10-13-7-5-9-15(13)17/h10-11,29H,4-9H2,1-3H3,(H,27,28)(H,23,24,26,30). The summed E-state index contributed by atoms with van der Waals surface area (Å²) in [7, 11) is -2.27. The molecular weight excluding hydrogens is 452 g/mol. The molecule has 1 atom stereocenters. The SMILES string of the molecule is CN(C(=O)N=S(=O)(NC(=O)O)c1cnc(C(C)(C)O)s1)c1c2c(cc3c1CCC3)CCC2. The molecule has 11 heteroatoms. The van der Waals surface area contributed by atoms with Crippen LogP contribution >= 0.6 is 11.3 Å². The van der Waals surface area contributed by atoms with Gasteiger partial charge in [0, 0.05) is 7.05 Å². The Morgan fingerprint density at radius 1 is 1.19 bits per heavy atom. The van der Waals surface area contributed by atoms with Crippen molar-refractivity contribution in [3.05, 3.63) is 39.5 Å². The molecule has 1 heterocycles. The lowest BCUT2D eigenvalue weighted by Crippen LogP contribution is -2.32. The van der Waals surface area contributed by atoms with Crippen LogP contribution in [0.3, 0.4) is 0 Å². The number of rotatable bonds is 4. The summed E-state index contributed by atoms with van der Waals surface area (Å²) in [6.07, 6.45) is 5.30. The maximum Gasteiger partial charge on any atom is 0.417 e. The second-order valence-electron chi connectivity index (χ2n) is 8.62. The minimum atomic E-state index is -3.86. The zero-order chi connectivity index (χ0) is 23.3. The molecule has 3 amide bonds. The number of aryl methyl sites for hydroxylation is 2. The number of hydrogen-bond donors (Lipinski definition) is 3. The Labute approximate surface area is 190 Å². The number of fused-ring (bicyclic) bond motifs is 2. The molecule has 0 radical (unpaired) electrons. The van der Waals surface area contributed by atoms with Gasteiger partial charge in [0.15, 0.2) is 9.92 Å². The van der Waals surface area contributed by atoms with Crippen LogP contribution in [0.1, 0.15) is 54.0 Å². The number of nitrogens with one attached hydrogen (secondary N) is 1. The maximum atomic E-state index is 13.5. The fourth-order valence-electron chi connectivity index (χ4n) is 4.36. The average molecular weight is 479 g/mol. The molecule has 172 valence electrons. The molecule has 1 aromatic carbocycles. The van der Waals surface area contributed by atoms with Crippen LogP contribution in [-0.2, 0) is 41.2 Å². The van der Waals surface area contributed by atoms with Gasteiger partial charge in [0.1, 0.15) is 14.8 Å². The lowest BCUT2D eigenvalue weighted by atomic mass is 9.98. The van der Waals surface area contributed by atoms with Gasteiger partial charge < -0.3 is 10.2 Å². The van der Waals surface area contributed by atoms with E-state index in [2.05, 4.69) is 15.4 Å². The largest absolute Gasteiger partial charge is 0.464 e. The Kier molecular flexibility index (Phi) is 5.76. The number of thiazole rings is 1. The fraction of sp³-hybridized carbons (Fsp3) is 0.476. The van der Waals surface area contributed by atoms with E-state index in [4.69, 9.17) is 0 Å². The molecule has 9 nitrogen and oxygen atoms in total. The molecule has 1 aromatic heterocycles. The number of carbonyl (C=O) groups is 2. The first kappa shape index (κ1) is 22.7. The summed E-state index contributed by atoms with van der Waals surface area (Å²) in [6, 6.07) is 1.45. The smallest absolute Gasteiger partial charge is 0.417 e. The average Bonchev–Trinajstić information content (AvgIpc) is 3.43. The van der Waals surface area contributed by atoms with Gasteiger partial charge in [-0.3, -0.25) is 4.90 Å². The molecule has 0 bridgehead atoms. The first-order valence-electron chi connectivity index (χ1n) is 10.4. The number of hydrogen-bond acceptors (Lipinski definition) is 6. The topological polar surface area (TPSA) is 132 Å².